The first-order valence-electron chi connectivity index (χ1n) is 5.01. The molecule has 0 bridgehead atoms. The Morgan fingerprint density at radius 2 is 2.36 bits per heavy atom. The van der Waals surface area contributed by atoms with Gasteiger partial charge in [-0.2, -0.15) is 0 Å². The molecular formula is C11H18O3. The van der Waals surface area contributed by atoms with Crippen LogP contribution in [-0.4, -0.2) is 24.3 Å². The van der Waals surface area contributed by atoms with Crippen molar-refractivity contribution >= 4 is 5.97 Å². The van der Waals surface area contributed by atoms with Gasteiger partial charge < -0.3 is 9.84 Å². The second kappa shape index (κ2) is 4.60. The van der Waals surface area contributed by atoms with Crippen LogP contribution in [0.25, 0.3) is 0 Å². The van der Waals surface area contributed by atoms with Gasteiger partial charge in [-0.15, -0.1) is 0 Å². The molecule has 1 rings (SSSR count). The van der Waals surface area contributed by atoms with Crippen LogP contribution >= 0.6 is 0 Å². The molecule has 0 aliphatic heterocycles. The van der Waals surface area contributed by atoms with Gasteiger partial charge in [0.15, 0.2) is 0 Å². The Kier molecular flexibility index (Phi) is 3.69. The topological polar surface area (TPSA) is 46.5 Å². The molecule has 14 heavy (non-hydrogen) atoms. The van der Waals surface area contributed by atoms with Crippen LogP contribution in [0.3, 0.4) is 0 Å². The zero-order chi connectivity index (χ0) is 10.6. The average Bonchev–Trinajstić information content (AvgIpc) is 2.14. The number of aliphatic hydroxyl groups excluding tert-OH is 1. The average molecular weight is 198 g/mol. The van der Waals surface area contributed by atoms with Crippen molar-refractivity contribution in [3.05, 3.63) is 12.2 Å². The lowest BCUT2D eigenvalue weighted by molar-refractivity contribution is -0.152. The smallest absolute Gasteiger partial charge is 0.311 e. The van der Waals surface area contributed by atoms with E-state index in [1.807, 2.05) is 13.0 Å². The Labute approximate surface area is 84.8 Å². The molecule has 3 heteroatoms. The third kappa shape index (κ3) is 2.58. The van der Waals surface area contributed by atoms with Crippen molar-refractivity contribution in [1.82, 2.24) is 0 Å². The van der Waals surface area contributed by atoms with E-state index in [-0.39, 0.29) is 12.1 Å². The van der Waals surface area contributed by atoms with Gasteiger partial charge >= 0.3 is 5.97 Å². The Morgan fingerprint density at radius 1 is 1.64 bits per heavy atom. The maximum atomic E-state index is 11.5. The number of aliphatic hydroxyl groups is 1. The van der Waals surface area contributed by atoms with E-state index >= 15 is 0 Å². The second-order valence-corrected chi connectivity index (χ2v) is 4.14. The van der Waals surface area contributed by atoms with E-state index in [0.717, 1.165) is 19.3 Å². The first kappa shape index (κ1) is 11.2. The highest BCUT2D eigenvalue weighted by Gasteiger charge is 2.33. The van der Waals surface area contributed by atoms with E-state index in [4.69, 9.17) is 4.74 Å². The van der Waals surface area contributed by atoms with Crippen molar-refractivity contribution in [1.29, 1.82) is 0 Å². The second-order valence-electron chi connectivity index (χ2n) is 4.14. The molecule has 0 radical (unpaired) electrons. The lowest BCUT2D eigenvalue weighted by atomic mass is 9.80. The third-order valence-corrected chi connectivity index (χ3v) is 2.83. The largest absolute Gasteiger partial charge is 0.469 e. The standard InChI is InChI=1S/C11H18O3/c1-11(10(13)14-2)7-3-5-9(12)6-4-8-11/h3,5,9,12H,4,6-8H2,1-2H3/b5-3-/t9-,11?/m1/s1. The van der Waals surface area contributed by atoms with Crippen molar-refractivity contribution in [2.24, 2.45) is 5.41 Å². The highest BCUT2D eigenvalue weighted by Crippen LogP contribution is 2.32. The molecule has 1 aliphatic rings. The van der Waals surface area contributed by atoms with Crippen LogP contribution in [0.4, 0.5) is 0 Å². The Balaban J connectivity index is 2.70. The number of carbonyl (C=O) groups excluding carboxylic acids is 1. The van der Waals surface area contributed by atoms with Crippen molar-refractivity contribution in [2.45, 2.75) is 38.7 Å². The number of hydrogen-bond donors (Lipinski definition) is 1. The highest BCUT2D eigenvalue weighted by atomic mass is 16.5. The van der Waals surface area contributed by atoms with Gasteiger partial charge in [0.2, 0.25) is 0 Å². The normalized spacial score (nSPS) is 35.5. The molecular weight excluding hydrogens is 180 g/mol. The molecule has 0 heterocycles. The Hall–Kier alpha value is -0.830. The molecule has 80 valence electrons. The summed E-state index contributed by atoms with van der Waals surface area (Å²) in [6, 6.07) is 0. The summed E-state index contributed by atoms with van der Waals surface area (Å²) < 4.78 is 4.78. The summed E-state index contributed by atoms with van der Waals surface area (Å²) in [5, 5.41) is 9.38. The molecule has 0 fully saturated rings. The summed E-state index contributed by atoms with van der Waals surface area (Å²) in [7, 11) is 1.42. The van der Waals surface area contributed by atoms with Gasteiger partial charge in [0.05, 0.1) is 18.6 Å². The minimum Gasteiger partial charge on any atom is -0.469 e. The van der Waals surface area contributed by atoms with Gasteiger partial charge in [-0.05, 0) is 32.6 Å². The molecule has 0 saturated heterocycles. The highest BCUT2D eigenvalue weighted by molar-refractivity contribution is 5.76. The summed E-state index contributed by atoms with van der Waals surface area (Å²) in [5.41, 5.74) is -0.411. The number of rotatable bonds is 1. The van der Waals surface area contributed by atoms with Crippen LogP contribution in [0.2, 0.25) is 0 Å². The predicted octanol–water partition coefficient (Wildman–Crippen LogP) is 1.66. The molecule has 0 aromatic heterocycles. The van der Waals surface area contributed by atoms with Gasteiger partial charge in [0.25, 0.3) is 0 Å². The summed E-state index contributed by atoms with van der Waals surface area (Å²) in [6.07, 6.45) is 6.30. The van der Waals surface area contributed by atoms with Crippen LogP contribution in [0.5, 0.6) is 0 Å². The van der Waals surface area contributed by atoms with Crippen molar-refractivity contribution in [3.8, 4) is 0 Å². The van der Waals surface area contributed by atoms with E-state index in [9.17, 15) is 9.90 Å². The maximum Gasteiger partial charge on any atom is 0.311 e. The van der Waals surface area contributed by atoms with Gasteiger partial charge in [0.1, 0.15) is 0 Å². The predicted molar refractivity (Wildman–Crippen MR) is 53.7 cm³/mol. The zero-order valence-electron chi connectivity index (χ0n) is 8.82. The number of carbonyl (C=O) groups is 1. The number of ether oxygens (including phenoxy) is 1. The fourth-order valence-electron chi connectivity index (χ4n) is 1.82. The summed E-state index contributed by atoms with van der Waals surface area (Å²) in [6.45, 7) is 1.92. The summed E-state index contributed by atoms with van der Waals surface area (Å²) >= 11 is 0. The third-order valence-electron chi connectivity index (χ3n) is 2.83. The molecule has 0 spiro atoms. The summed E-state index contributed by atoms with van der Waals surface area (Å²) in [5.74, 6) is -0.154. The molecule has 1 unspecified atom stereocenters. The quantitative estimate of drug-likeness (QED) is 0.515. The van der Waals surface area contributed by atoms with Gasteiger partial charge in [-0.3, -0.25) is 4.79 Å². The Morgan fingerprint density at radius 3 is 3.00 bits per heavy atom. The molecule has 0 aromatic carbocycles. The van der Waals surface area contributed by atoms with Gasteiger partial charge in [-0.25, -0.2) is 0 Å². The molecule has 1 aliphatic carbocycles. The van der Waals surface area contributed by atoms with Crippen LogP contribution < -0.4 is 0 Å². The maximum absolute atomic E-state index is 11.5. The number of allylic oxidation sites excluding steroid dienone is 1. The van der Waals surface area contributed by atoms with Crippen molar-refractivity contribution in [3.63, 3.8) is 0 Å². The van der Waals surface area contributed by atoms with Crippen LogP contribution in [0.1, 0.15) is 32.6 Å². The lowest BCUT2D eigenvalue weighted by Gasteiger charge is -2.27. The number of methoxy groups -OCH3 is 1. The van der Waals surface area contributed by atoms with E-state index in [1.54, 1.807) is 6.08 Å². The van der Waals surface area contributed by atoms with Crippen molar-refractivity contribution < 1.29 is 14.6 Å². The summed E-state index contributed by atoms with van der Waals surface area (Å²) in [4.78, 5) is 11.5. The first-order chi connectivity index (χ1) is 6.58. The molecule has 2 atom stereocenters. The zero-order valence-corrected chi connectivity index (χ0v) is 8.82. The molecule has 0 aromatic rings. The molecule has 0 amide bonds. The number of esters is 1. The van der Waals surface area contributed by atoms with E-state index in [2.05, 4.69) is 0 Å². The first-order valence-corrected chi connectivity index (χ1v) is 5.01. The van der Waals surface area contributed by atoms with Crippen LogP contribution in [-0.2, 0) is 9.53 Å². The lowest BCUT2D eigenvalue weighted by Crippen LogP contribution is -2.29. The Bertz CT molecular complexity index is 235. The minimum absolute atomic E-state index is 0.154. The van der Waals surface area contributed by atoms with E-state index in [0.29, 0.717) is 6.42 Å². The molecule has 0 saturated carbocycles. The van der Waals surface area contributed by atoms with E-state index in [1.165, 1.54) is 7.11 Å². The minimum atomic E-state index is -0.411. The van der Waals surface area contributed by atoms with Gasteiger partial charge in [0, 0.05) is 0 Å². The number of hydrogen-bond acceptors (Lipinski definition) is 3. The molecule has 1 N–H and O–H groups in total. The van der Waals surface area contributed by atoms with Crippen LogP contribution in [0.15, 0.2) is 12.2 Å². The van der Waals surface area contributed by atoms with Crippen molar-refractivity contribution in [2.75, 3.05) is 7.11 Å². The monoisotopic (exact) mass is 198 g/mol. The SMILES string of the molecule is COC(=O)C1(C)C/C=C\[C@@H](O)CCC1. The fourth-order valence-corrected chi connectivity index (χ4v) is 1.82. The van der Waals surface area contributed by atoms with Gasteiger partial charge in [-0.1, -0.05) is 12.2 Å². The fraction of sp³-hybridized carbons (Fsp3) is 0.727. The van der Waals surface area contributed by atoms with Crippen LogP contribution in [0, 0.1) is 5.41 Å². The van der Waals surface area contributed by atoms with E-state index < -0.39 is 5.41 Å². The molecule has 3 nitrogen and oxygen atoms in total.